The van der Waals surface area contributed by atoms with Crippen LogP contribution in [0.5, 0.6) is 0 Å². The molecular formula is C14H22N2O4. The molecule has 20 heavy (non-hydrogen) atoms. The highest BCUT2D eigenvalue weighted by molar-refractivity contribution is 6.06. The Hall–Kier alpha value is -1.43. The number of likely N-dealkylation sites (tertiary alicyclic amines) is 1. The van der Waals surface area contributed by atoms with E-state index in [2.05, 4.69) is 0 Å². The molecule has 0 aromatic carbocycles. The van der Waals surface area contributed by atoms with Crippen molar-refractivity contribution in [1.29, 1.82) is 0 Å². The van der Waals surface area contributed by atoms with Crippen LogP contribution in [0.1, 0.15) is 46.0 Å². The van der Waals surface area contributed by atoms with Crippen molar-refractivity contribution in [3.8, 4) is 0 Å². The number of hydrogen-bond donors (Lipinski definition) is 1. The SMILES string of the molecule is CC(C)N1C(=O)CC(N(CC(=O)O)C2CCCC2)C1=O. The topological polar surface area (TPSA) is 77.9 Å². The lowest BCUT2D eigenvalue weighted by Crippen LogP contribution is -2.49. The molecule has 1 saturated carbocycles. The van der Waals surface area contributed by atoms with Gasteiger partial charge in [0.05, 0.1) is 19.0 Å². The third kappa shape index (κ3) is 2.85. The van der Waals surface area contributed by atoms with Gasteiger partial charge in [0.2, 0.25) is 11.8 Å². The van der Waals surface area contributed by atoms with Crippen molar-refractivity contribution in [1.82, 2.24) is 9.80 Å². The third-order valence-corrected chi connectivity index (χ3v) is 4.19. The van der Waals surface area contributed by atoms with Crippen molar-refractivity contribution in [3.05, 3.63) is 0 Å². The zero-order valence-corrected chi connectivity index (χ0v) is 12.0. The van der Waals surface area contributed by atoms with Crippen LogP contribution in [-0.2, 0) is 14.4 Å². The summed E-state index contributed by atoms with van der Waals surface area (Å²) < 4.78 is 0. The molecule has 0 radical (unpaired) electrons. The first-order valence-electron chi connectivity index (χ1n) is 7.25. The van der Waals surface area contributed by atoms with Crippen molar-refractivity contribution in [3.63, 3.8) is 0 Å². The molecule has 2 rings (SSSR count). The van der Waals surface area contributed by atoms with E-state index < -0.39 is 12.0 Å². The van der Waals surface area contributed by atoms with Crippen molar-refractivity contribution < 1.29 is 19.5 Å². The summed E-state index contributed by atoms with van der Waals surface area (Å²) in [7, 11) is 0. The monoisotopic (exact) mass is 282 g/mol. The van der Waals surface area contributed by atoms with E-state index >= 15 is 0 Å². The number of carboxylic acids is 1. The molecule has 1 unspecified atom stereocenters. The van der Waals surface area contributed by atoms with E-state index in [1.54, 1.807) is 18.7 Å². The minimum absolute atomic E-state index is 0.111. The Morgan fingerprint density at radius 1 is 1.35 bits per heavy atom. The summed E-state index contributed by atoms with van der Waals surface area (Å²) >= 11 is 0. The average Bonchev–Trinajstić information content (AvgIpc) is 2.94. The molecule has 1 aliphatic carbocycles. The number of carbonyl (C=O) groups is 3. The lowest BCUT2D eigenvalue weighted by atomic mass is 10.1. The lowest BCUT2D eigenvalue weighted by Gasteiger charge is -2.31. The molecular weight excluding hydrogens is 260 g/mol. The van der Waals surface area contributed by atoms with E-state index in [-0.39, 0.29) is 36.9 Å². The van der Waals surface area contributed by atoms with Crippen molar-refractivity contribution in [2.45, 2.75) is 64.1 Å². The molecule has 2 fully saturated rings. The number of aliphatic carboxylic acids is 1. The second kappa shape index (κ2) is 5.91. The quantitative estimate of drug-likeness (QED) is 0.756. The Labute approximate surface area is 118 Å². The van der Waals surface area contributed by atoms with E-state index in [0.29, 0.717) is 0 Å². The van der Waals surface area contributed by atoms with Crippen molar-refractivity contribution in [2.75, 3.05) is 6.54 Å². The molecule has 6 heteroatoms. The average molecular weight is 282 g/mol. The van der Waals surface area contributed by atoms with Crippen LogP contribution in [-0.4, -0.2) is 57.4 Å². The standard InChI is InChI=1S/C14H22N2O4/c1-9(2)16-12(17)7-11(14(16)20)15(8-13(18)19)10-5-3-4-6-10/h9-11H,3-8H2,1-2H3,(H,18,19). The van der Waals surface area contributed by atoms with Gasteiger partial charge in [-0.25, -0.2) is 0 Å². The fraction of sp³-hybridized carbons (Fsp3) is 0.786. The number of carboxylic acid groups (broad SMARTS) is 1. The Balaban J connectivity index is 2.18. The predicted octanol–water partition coefficient (Wildman–Crippen LogP) is 0.851. The Bertz CT molecular complexity index is 415. The molecule has 2 amide bonds. The molecule has 0 bridgehead atoms. The van der Waals surface area contributed by atoms with Gasteiger partial charge >= 0.3 is 5.97 Å². The van der Waals surface area contributed by atoms with Crippen LogP contribution in [0.3, 0.4) is 0 Å². The Kier molecular flexibility index (Phi) is 4.42. The van der Waals surface area contributed by atoms with E-state index in [0.717, 1.165) is 25.7 Å². The van der Waals surface area contributed by atoms with E-state index in [4.69, 9.17) is 5.11 Å². The van der Waals surface area contributed by atoms with E-state index in [1.165, 1.54) is 4.90 Å². The van der Waals surface area contributed by atoms with Crippen LogP contribution in [0.15, 0.2) is 0 Å². The van der Waals surface area contributed by atoms with Gasteiger partial charge in [0.1, 0.15) is 0 Å². The summed E-state index contributed by atoms with van der Waals surface area (Å²) in [5, 5.41) is 9.08. The number of amides is 2. The fourth-order valence-corrected chi connectivity index (χ4v) is 3.32. The van der Waals surface area contributed by atoms with Gasteiger partial charge in [-0.15, -0.1) is 0 Å². The number of imide groups is 1. The highest BCUT2D eigenvalue weighted by Crippen LogP contribution is 2.29. The second-order valence-corrected chi connectivity index (χ2v) is 5.92. The van der Waals surface area contributed by atoms with Crippen LogP contribution < -0.4 is 0 Å². The van der Waals surface area contributed by atoms with Gasteiger partial charge < -0.3 is 5.11 Å². The Morgan fingerprint density at radius 2 is 1.95 bits per heavy atom. The minimum Gasteiger partial charge on any atom is -0.480 e. The molecule has 1 heterocycles. The molecule has 0 spiro atoms. The van der Waals surface area contributed by atoms with Gasteiger partial charge in [-0.3, -0.25) is 24.2 Å². The summed E-state index contributed by atoms with van der Waals surface area (Å²) in [6.45, 7) is 3.44. The van der Waals surface area contributed by atoms with Gasteiger partial charge in [0.15, 0.2) is 0 Å². The first-order valence-corrected chi connectivity index (χ1v) is 7.25. The zero-order chi connectivity index (χ0) is 14.9. The lowest BCUT2D eigenvalue weighted by molar-refractivity contribution is -0.143. The molecule has 6 nitrogen and oxygen atoms in total. The molecule has 0 aromatic rings. The number of nitrogens with zero attached hydrogens (tertiary/aromatic N) is 2. The van der Waals surface area contributed by atoms with Gasteiger partial charge in [-0.2, -0.15) is 0 Å². The maximum atomic E-state index is 12.4. The normalized spacial score (nSPS) is 24.4. The number of carbonyl (C=O) groups excluding carboxylic acids is 2. The summed E-state index contributed by atoms with van der Waals surface area (Å²) in [6, 6.07) is -0.653. The van der Waals surface area contributed by atoms with Crippen molar-refractivity contribution in [2.24, 2.45) is 0 Å². The highest BCUT2D eigenvalue weighted by atomic mass is 16.4. The van der Waals surface area contributed by atoms with Gasteiger partial charge in [-0.1, -0.05) is 12.8 Å². The van der Waals surface area contributed by atoms with Gasteiger partial charge in [-0.05, 0) is 26.7 Å². The van der Waals surface area contributed by atoms with Crippen LogP contribution in [0.25, 0.3) is 0 Å². The third-order valence-electron chi connectivity index (χ3n) is 4.19. The molecule has 1 saturated heterocycles. The largest absolute Gasteiger partial charge is 0.480 e. The predicted molar refractivity (Wildman–Crippen MR) is 72.0 cm³/mol. The summed E-state index contributed by atoms with van der Waals surface area (Å²) in [5.41, 5.74) is 0. The fourth-order valence-electron chi connectivity index (χ4n) is 3.32. The molecule has 0 aromatic heterocycles. The minimum atomic E-state index is -0.944. The number of rotatable bonds is 5. The van der Waals surface area contributed by atoms with Crippen LogP contribution in [0.4, 0.5) is 0 Å². The molecule has 2 aliphatic rings. The van der Waals surface area contributed by atoms with Crippen LogP contribution >= 0.6 is 0 Å². The highest BCUT2D eigenvalue weighted by Gasteiger charge is 2.45. The van der Waals surface area contributed by atoms with E-state index in [9.17, 15) is 14.4 Å². The molecule has 1 N–H and O–H groups in total. The van der Waals surface area contributed by atoms with E-state index in [1.807, 2.05) is 0 Å². The van der Waals surface area contributed by atoms with Gasteiger partial charge in [0, 0.05) is 12.1 Å². The maximum absolute atomic E-state index is 12.4. The zero-order valence-electron chi connectivity index (χ0n) is 12.0. The summed E-state index contributed by atoms with van der Waals surface area (Å²) in [4.78, 5) is 38.5. The molecule has 1 atom stereocenters. The number of hydrogen-bond acceptors (Lipinski definition) is 4. The smallest absolute Gasteiger partial charge is 0.317 e. The summed E-state index contributed by atoms with van der Waals surface area (Å²) in [5.74, 6) is -1.37. The van der Waals surface area contributed by atoms with Crippen LogP contribution in [0.2, 0.25) is 0 Å². The molecule has 1 aliphatic heterocycles. The summed E-state index contributed by atoms with van der Waals surface area (Å²) in [6.07, 6.45) is 4.05. The second-order valence-electron chi connectivity index (χ2n) is 5.92. The van der Waals surface area contributed by atoms with Crippen molar-refractivity contribution >= 4 is 17.8 Å². The molecule has 112 valence electrons. The Morgan fingerprint density at radius 3 is 2.40 bits per heavy atom. The first kappa shape index (κ1) is 15.0. The maximum Gasteiger partial charge on any atom is 0.317 e. The van der Waals surface area contributed by atoms with Gasteiger partial charge in [0.25, 0.3) is 0 Å². The first-order chi connectivity index (χ1) is 9.41. The van der Waals surface area contributed by atoms with Crippen LogP contribution in [0, 0.1) is 0 Å².